The lowest BCUT2D eigenvalue weighted by Gasteiger charge is -2.18. The normalized spacial score (nSPS) is 16.1. The van der Waals surface area contributed by atoms with Crippen LogP contribution in [0.4, 0.5) is 13.2 Å². The molecule has 0 amide bonds. The van der Waals surface area contributed by atoms with Gasteiger partial charge >= 0.3 is 6.18 Å². The first-order chi connectivity index (χ1) is 13.6. The maximum atomic E-state index is 13.6. The molecule has 2 aromatic heterocycles. The Morgan fingerprint density at radius 1 is 1.07 bits per heavy atom. The first-order valence-corrected chi connectivity index (χ1v) is 9.51. The second-order valence-corrected chi connectivity index (χ2v) is 7.63. The van der Waals surface area contributed by atoms with Gasteiger partial charge in [-0.1, -0.05) is 23.2 Å². The molecule has 0 aliphatic carbocycles. The van der Waals surface area contributed by atoms with Crippen molar-refractivity contribution in [2.45, 2.75) is 33.0 Å². The molecular formula is C20H15Cl2F3N4. The minimum atomic E-state index is -4.62. The van der Waals surface area contributed by atoms with Gasteiger partial charge in [-0.25, -0.2) is 9.97 Å². The maximum Gasteiger partial charge on any atom is 0.417 e. The number of halogens is 5. The van der Waals surface area contributed by atoms with Crippen molar-refractivity contribution in [2.75, 3.05) is 0 Å². The maximum absolute atomic E-state index is 13.6. The number of aliphatic imine (C=N–C) groups is 1. The van der Waals surface area contributed by atoms with E-state index in [1.165, 1.54) is 6.07 Å². The van der Waals surface area contributed by atoms with Crippen LogP contribution in [0.3, 0.4) is 0 Å². The van der Waals surface area contributed by atoms with Gasteiger partial charge in [0.1, 0.15) is 17.6 Å². The number of hydrogen-bond donors (Lipinski definition) is 0. The molecule has 0 unspecified atom stereocenters. The molecule has 3 aromatic rings. The number of benzene rings is 1. The van der Waals surface area contributed by atoms with Gasteiger partial charge in [-0.05, 0) is 45.0 Å². The van der Waals surface area contributed by atoms with Crippen molar-refractivity contribution >= 4 is 28.9 Å². The van der Waals surface area contributed by atoms with Gasteiger partial charge in [0.15, 0.2) is 0 Å². The fourth-order valence-corrected chi connectivity index (χ4v) is 4.01. The minimum absolute atomic E-state index is 0.133. The Morgan fingerprint density at radius 3 is 2.48 bits per heavy atom. The van der Waals surface area contributed by atoms with Crippen LogP contribution in [-0.4, -0.2) is 20.2 Å². The third-order valence-corrected chi connectivity index (χ3v) is 5.47. The molecule has 1 atom stereocenters. The highest BCUT2D eigenvalue weighted by molar-refractivity contribution is 6.39. The van der Waals surface area contributed by atoms with Crippen LogP contribution >= 0.6 is 23.2 Å². The van der Waals surface area contributed by atoms with Crippen molar-refractivity contribution in [3.05, 3.63) is 74.5 Å². The Labute approximate surface area is 175 Å². The smallest absolute Gasteiger partial charge is 0.298 e. The summed E-state index contributed by atoms with van der Waals surface area (Å²) in [5, 5.41) is -0.168. The molecule has 0 fully saturated rings. The molecule has 4 rings (SSSR count). The summed E-state index contributed by atoms with van der Waals surface area (Å²) < 4.78 is 42.6. The number of rotatable bonds is 1. The van der Waals surface area contributed by atoms with E-state index in [4.69, 9.17) is 23.2 Å². The number of hydrogen-bond acceptors (Lipinski definition) is 3. The predicted molar refractivity (Wildman–Crippen MR) is 106 cm³/mol. The molecule has 0 saturated carbocycles. The standard InChI is InChI=1S/C20H15Cl2F3N4/c1-9-4-6-13(21)17(27-9)18-15-14(7-5-12(16(15)22)20(23,24)25)29-10(2)8-26-19(29)11(3)28-18/h4-8,11H,1-3H3/t11-/m0/s1. The lowest BCUT2D eigenvalue weighted by molar-refractivity contribution is -0.137. The van der Waals surface area contributed by atoms with E-state index in [-0.39, 0.29) is 22.0 Å². The van der Waals surface area contributed by atoms with Crippen LogP contribution in [0.1, 0.15) is 47.0 Å². The van der Waals surface area contributed by atoms with Crippen molar-refractivity contribution < 1.29 is 13.2 Å². The first kappa shape index (κ1) is 19.9. The summed E-state index contributed by atoms with van der Waals surface area (Å²) in [7, 11) is 0. The second-order valence-electron chi connectivity index (χ2n) is 6.85. The number of aromatic nitrogens is 3. The van der Waals surface area contributed by atoms with Crippen LogP contribution in [0.2, 0.25) is 10.0 Å². The Hall–Kier alpha value is -2.38. The molecule has 29 heavy (non-hydrogen) atoms. The molecule has 0 radical (unpaired) electrons. The third kappa shape index (κ3) is 3.22. The van der Waals surface area contributed by atoms with Crippen LogP contribution in [0.25, 0.3) is 5.69 Å². The van der Waals surface area contributed by atoms with Crippen molar-refractivity contribution in [2.24, 2.45) is 4.99 Å². The SMILES string of the molecule is Cc1ccc(Cl)c(C2=N[C@@H](C)c3ncc(C)n3-c3ccc(C(F)(F)F)c(Cl)c32)n1. The van der Waals surface area contributed by atoms with Crippen molar-refractivity contribution in [1.29, 1.82) is 0 Å². The van der Waals surface area contributed by atoms with Crippen LogP contribution in [0, 0.1) is 13.8 Å². The van der Waals surface area contributed by atoms with Gasteiger partial charge in [-0.3, -0.25) is 9.56 Å². The summed E-state index contributed by atoms with van der Waals surface area (Å²) in [6.45, 7) is 5.40. The molecule has 0 N–H and O–H groups in total. The third-order valence-electron chi connectivity index (χ3n) is 4.77. The molecule has 1 aromatic carbocycles. The summed E-state index contributed by atoms with van der Waals surface area (Å²) in [6.07, 6.45) is -2.97. The zero-order valence-corrected chi connectivity index (χ0v) is 17.2. The average molecular weight is 439 g/mol. The number of alkyl halides is 3. The van der Waals surface area contributed by atoms with Gasteiger partial charge in [0, 0.05) is 23.1 Å². The molecule has 150 valence electrons. The van der Waals surface area contributed by atoms with E-state index in [0.29, 0.717) is 17.2 Å². The lowest BCUT2D eigenvalue weighted by Crippen LogP contribution is -2.15. The quantitative estimate of drug-likeness (QED) is 0.459. The first-order valence-electron chi connectivity index (χ1n) is 8.75. The largest absolute Gasteiger partial charge is 0.417 e. The molecule has 0 spiro atoms. The highest BCUT2D eigenvalue weighted by Crippen LogP contribution is 2.42. The van der Waals surface area contributed by atoms with E-state index in [1.54, 1.807) is 29.8 Å². The minimum Gasteiger partial charge on any atom is -0.298 e. The van der Waals surface area contributed by atoms with E-state index >= 15 is 0 Å². The van der Waals surface area contributed by atoms with E-state index in [9.17, 15) is 13.2 Å². The molecule has 3 heterocycles. The van der Waals surface area contributed by atoms with Crippen molar-refractivity contribution in [3.8, 4) is 5.69 Å². The predicted octanol–water partition coefficient (Wildman–Crippen LogP) is 6.12. The number of aryl methyl sites for hydroxylation is 2. The van der Waals surface area contributed by atoms with E-state index in [1.807, 2.05) is 13.8 Å². The fraction of sp³-hybridized carbons (Fsp3) is 0.250. The molecule has 9 heteroatoms. The number of nitrogens with zero attached hydrogens (tertiary/aromatic N) is 4. The lowest BCUT2D eigenvalue weighted by atomic mass is 10.00. The summed E-state index contributed by atoms with van der Waals surface area (Å²) in [5.74, 6) is 0.596. The van der Waals surface area contributed by atoms with Gasteiger partial charge < -0.3 is 0 Å². The van der Waals surface area contributed by atoms with Crippen LogP contribution in [0.5, 0.6) is 0 Å². The number of fused-ring (bicyclic) bond motifs is 3. The van der Waals surface area contributed by atoms with E-state index in [0.717, 1.165) is 11.8 Å². The van der Waals surface area contributed by atoms with Gasteiger partial charge in [-0.15, -0.1) is 0 Å². The average Bonchev–Trinajstić information content (AvgIpc) is 2.96. The Bertz CT molecular complexity index is 1170. The van der Waals surface area contributed by atoms with Gasteiger partial charge in [0.25, 0.3) is 0 Å². The molecule has 1 aliphatic heterocycles. The topological polar surface area (TPSA) is 43.1 Å². The Kier molecular flexibility index (Phi) is 4.70. The molecular weight excluding hydrogens is 424 g/mol. The molecule has 0 saturated heterocycles. The van der Waals surface area contributed by atoms with E-state index in [2.05, 4.69) is 15.0 Å². The zero-order chi connectivity index (χ0) is 21.1. The highest BCUT2D eigenvalue weighted by Gasteiger charge is 2.37. The van der Waals surface area contributed by atoms with Crippen LogP contribution in [0.15, 0.2) is 35.5 Å². The van der Waals surface area contributed by atoms with Gasteiger partial charge in [0.05, 0.1) is 27.0 Å². The highest BCUT2D eigenvalue weighted by atomic mass is 35.5. The summed E-state index contributed by atoms with van der Waals surface area (Å²) >= 11 is 12.7. The molecule has 1 aliphatic rings. The number of pyridine rings is 1. The second kappa shape index (κ2) is 6.85. The molecule has 4 nitrogen and oxygen atoms in total. The monoisotopic (exact) mass is 438 g/mol. The Balaban J connectivity index is 2.14. The van der Waals surface area contributed by atoms with Gasteiger partial charge in [0.2, 0.25) is 0 Å². The Morgan fingerprint density at radius 2 is 1.79 bits per heavy atom. The van der Waals surface area contributed by atoms with Gasteiger partial charge in [-0.2, -0.15) is 13.2 Å². The zero-order valence-electron chi connectivity index (χ0n) is 15.6. The fourth-order valence-electron chi connectivity index (χ4n) is 3.46. The van der Waals surface area contributed by atoms with Crippen molar-refractivity contribution in [3.63, 3.8) is 0 Å². The molecule has 0 bridgehead atoms. The summed E-state index contributed by atoms with van der Waals surface area (Å²) in [6, 6.07) is 5.27. The van der Waals surface area contributed by atoms with E-state index < -0.39 is 22.8 Å². The summed E-state index contributed by atoms with van der Waals surface area (Å²) in [5.41, 5.74) is 1.55. The summed E-state index contributed by atoms with van der Waals surface area (Å²) in [4.78, 5) is 13.5. The number of imidazole rings is 1. The van der Waals surface area contributed by atoms with Crippen LogP contribution in [-0.2, 0) is 6.18 Å². The van der Waals surface area contributed by atoms with Crippen molar-refractivity contribution in [1.82, 2.24) is 14.5 Å². The van der Waals surface area contributed by atoms with Crippen LogP contribution < -0.4 is 0 Å².